The number of benzene rings is 1. The average Bonchev–Trinajstić information content (AvgIpc) is 3.33. The number of aryl methyl sites for hydroxylation is 1. The van der Waals surface area contributed by atoms with Crippen LogP contribution in [0.3, 0.4) is 0 Å². The van der Waals surface area contributed by atoms with Crippen LogP contribution in [0.1, 0.15) is 11.1 Å². The van der Waals surface area contributed by atoms with E-state index < -0.39 is 0 Å². The lowest BCUT2D eigenvalue weighted by atomic mass is 10.0. The summed E-state index contributed by atoms with van der Waals surface area (Å²) >= 11 is 6.49. The molecule has 29 heavy (non-hydrogen) atoms. The molecule has 0 spiro atoms. The van der Waals surface area contributed by atoms with Crippen LogP contribution in [0.5, 0.6) is 0 Å². The van der Waals surface area contributed by atoms with E-state index in [1.807, 2.05) is 52.6 Å². The number of rotatable bonds is 2. The van der Waals surface area contributed by atoms with Gasteiger partial charge in [0.2, 0.25) is 0 Å². The van der Waals surface area contributed by atoms with E-state index in [1.54, 1.807) is 12.5 Å². The first kappa shape index (κ1) is 17.2. The molecule has 8 heteroatoms. The van der Waals surface area contributed by atoms with E-state index in [4.69, 9.17) is 17.3 Å². The molecule has 0 bridgehead atoms. The van der Waals surface area contributed by atoms with Crippen LogP contribution in [0.4, 0.5) is 5.69 Å². The van der Waals surface area contributed by atoms with Gasteiger partial charge in [0.1, 0.15) is 6.33 Å². The molecule has 0 saturated heterocycles. The number of hydrogen-bond acceptors (Lipinski definition) is 5. The van der Waals surface area contributed by atoms with Gasteiger partial charge in [-0.25, -0.2) is 0 Å². The normalized spacial score (nSPS) is 11.2. The van der Waals surface area contributed by atoms with Gasteiger partial charge in [-0.05, 0) is 30.7 Å². The van der Waals surface area contributed by atoms with Crippen molar-refractivity contribution in [3.63, 3.8) is 0 Å². The third-order valence-electron chi connectivity index (χ3n) is 5.03. The zero-order chi connectivity index (χ0) is 20.1. The molecule has 0 atom stereocenters. The van der Waals surface area contributed by atoms with Crippen molar-refractivity contribution in [2.75, 3.05) is 5.73 Å². The molecule has 0 fully saturated rings. The SMILES string of the molecule is Cc1cc2c(cc1C#N)c(-c1cncc(N)c1Cl)cn2-c1ccn2cnnc2c1. The molecule has 5 aromatic rings. The summed E-state index contributed by atoms with van der Waals surface area (Å²) in [4.78, 5) is 4.20. The zero-order valence-electron chi connectivity index (χ0n) is 15.3. The van der Waals surface area contributed by atoms with Crippen LogP contribution in [-0.2, 0) is 0 Å². The number of hydrogen-bond donors (Lipinski definition) is 1. The minimum atomic E-state index is 0.405. The van der Waals surface area contributed by atoms with Gasteiger partial charge in [-0.15, -0.1) is 10.2 Å². The molecule has 1 aromatic carbocycles. The van der Waals surface area contributed by atoms with E-state index in [2.05, 4.69) is 21.3 Å². The van der Waals surface area contributed by atoms with Gasteiger partial charge in [-0.1, -0.05) is 11.6 Å². The van der Waals surface area contributed by atoms with Gasteiger partial charge in [0.25, 0.3) is 0 Å². The third kappa shape index (κ3) is 2.62. The lowest BCUT2D eigenvalue weighted by molar-refractivity contribution is 1.09. The fourth-order valence-electron chi connectivity index (χ4n) is 3.53. The molecular weight excluding hydrogens is 386 g/mol. The Hall–Kier alpha value is -3.89. The van der Waals surface area contributed by atoms with Crippen LogP contribution in [0, 0.1) is 18.3 Å². The summed E-state index contributed by atoms with van der Waals surface area (Å²) in [5.41, 5.74) is 12.0. The predicted octanol–water partition coefficient (Wildman–Crippen LogP) is 4.15. The monoisotopic (exact) mass is 399 g/mol. The van der Waals surface area contributed by atoms with E-state index in [9.17, 15) is 5.26 Å². The van der Waals surface area contributed by atoms with Crippen molar-refractivity contribution >= 4 is 33.8 Å². The van der Waals surface area contributed by atoms with Crippen molar-refractivity contribution < 1.29 is 0 Å². The summed E-state index contributed by atoms with van der Waals surface area (Å²) < 4.78 is 3.89. The van der Waals surface area contributed by atoms with E-state index >= 15 is 0 Å². The number of nitrogens with two attached hydrogens (primary N) is 1. The van der Waals surface area contributed by atoms with Crippen LogP contribution in [0.25, 0.3) is 33.4 Å². The summed E-state index contributed by atoms with van der Waals surface area (Å²) in [6.07, 6.45) is 8.75. The lowest BCUT2D eigenvalue weighted by Crippen LogP contribution is -1.95. The maximum atomic E-state index is 9.52. The van der Waals surface area contributed by atoms with Gasteiger partial charge in [0, 0.05) is 41.2 Å². The molecule has 0 aliphatic carbocycles. The zero-order valence-corrected chi connectivity index (χ0v) is 16.1. The highest BCUT2D eigenvalue weighted by molar-refractivity contribution is 6.36. The highest BCUT2D eigenvalue weighted by Crippen LogP contribution is 2.38. The summed E-state index contributed by atoms with van der Waals surface area (Å²) in [6.45, 7) is 1.92. The van der Waals surface area contributed by atoms with Crippen LogP contribution in [0.15, 0.2) is 55.4 Å². The summed E-state index contributed by atoms with van der Waals surface area (Å²) in [6, 6.07) is 10.1. The predicted molar refractivity (Wildman–Crippen MR) is 112 cm³/mol. The first-order valence-corrected chi connectivity index (χ1v) is 9.19. The molecular formula is C21H14ClN7. The van der Waals surface area contributed by atoms with Crippen molar-refractivity contribution in [1.29, 1.82) is 5.26 Å². The number of nitrogen functional groups attached to an aromatic ring is 1. The molecule has 5 rings (SSSR count). The van der Waals surface area contributed by atoms with Crippen molar-refractivity contribution in [3.05, 3.63) is 71.5 Å². The van der Waals surface area contributed by atoms with Crippen LogP contribution in [0.2, 0.25) is 5.02 Å². The number of nitrogens with zero attached hydrogens (tertiary/aromatic N) is 6. The Kier molecular flexibility index (Phi) is 3.76. The van der Waals surface area contributed by atoms with E-state index in [0.717, 1.165) is 33.4 Å². The Labute approximate surface area is 170 Å². The Balaban J connectivity index is 1.86. The van der Waals surface area contributed by atoms with Gasteiger partial charge in [-0.3, -0.25) is 9.38 Å². The Morgan fingerprint density at radius 3 is 2.86 bits per heavy atom. The van der Waals surface area contributed by atoms with E-state index in [0.29, 0.717) is 21.8 Å². The smallest absolute Gasteiger partial charge is 0.162 e. The second-order valence-electron chi connectivity index (χ2n) is 6.78. The minimum absolute atomic E-state index is 0.405. The first-order chi connectivity index (χ1) is 14.1. The molecule has 2 N–H and O–H groups in total. The average molecular weight is 400 g/mol. The molecule has 4 aromatic heterocycles. The molecule has 0 aliphatic rings. The van der Waals surface area contributed by atoms with Gasteiger partial charge in [0.05, 0.1) is 39.7 Å². The van der Waals surface area contributed by atoms with Crippen LogP contribution >= 0.6 is 11.6 Å². The molecule has 140 valence electrons. The topological polar surface area (TPSA) is 97.8 Å². The number of nitriles is 1. The van der Waals surface area contributed by atoms with Crippen molar-refractivity contribution in [3.8, 4) is 22.9 Å². The van der Waals surface area contributed by atoms with Crippen LogP contribution in [-0.4, -0.2) is 24.1 Å². The second kappa shape index (κ2) is 6.33. The summed E-state index contributed by atoms with van der Waals surface area (Å²) in [5, 5.41) is 18.9. The van der Waals surface area contributed by atoms with Gasteiger partial charge in [-0.2, -0.15) is 5.26 Å². The fraction of sp³-hybridized carbons (Fsp3) is 0.0476. The summed E-state index contributed by atoms with van der Waals surface area (Å²) in [7, 11) is 0. The maximum absolute atomic E-state index is 9.52. The highest BCUT2D eigenvalue weighted by atomic mass is 35.5. The molecule has 0 radical (unpaired) electrons. The molecule has 0 aliphatic heterocycles. The van der Waals surface area contributed by atoms with Gasteiger partial charge < -0.3 is 10.3 Å². The van der Waals surface area contributed by atoms with E-state index in [-0.39, 0.29) is 0 Å². The lowest BCUT2D eigenvalue weighted by Gasteiger charge is -2.07. The Bertz CT molecular complexity index is 1460. The van der Waals surface area contributed by atoms with Crippen molar-refractivity contribution in [2.24, 2.45) is 0 Å². The highest BCUT2D eigenvalue weighted by Gasteiger charge is 2.17. The molecule has 4 heterocycles. The largest absolute Gasteiger partial charge is 0.396 e. The Morgan fingerprint density at radius 1 is 1.17 bits per heavy atom. The van der Waals surface area contributed by atoms with Gasteiger partial charge in [0.15, 0.2) is 5.65 Å². The first-order valence-electron chi connectivity index (χ1n) is 8.81. The molecule has 7 nitrogen and oxygen atoms in total. The van der Waals surface area contributed by atoms with Gasteiger partial charge >= 0.3 is 0 Å². The number of pyridine rings is 2. The molecule has 0 amide bonds. The molecule has 0 unspecified atom stereocenters. The number of anilines is 1. The van der Waals surface area contributed by atoms with Crippen molar-refractivity contribution in [2.45, 2.75) is 6.92 Å². The maximum Gasteiger partial charge on any atom is 0.162 e. The minimum Gasteiger partial charge on any atom is -0.396 e. The number of fused-ring (bicyclic) bond motifs is 2. The standard InChI is InChI=1S/C21H14ClN7/c1-12-4-19-15(5-13(12)7-23)17(16-8-25-9-18(24)21(16)22)10-29(19)14-2-3-28-11-26-27-20(28)6-14/h2-6,8-11H,24H2,1H3. The van der Waals surface area contributed by atoms with Crippen LogP contribution < -0.4 is 5.73 Å². The fourth-order valence-corrected chi connectivity index (χ4v) is 3.73. The second-order valence-corrected chi connectivity index (χ2v) is 7.16. The number of halogens is 1. The number of aromatic nitrogens is 5. The van der Waals surface area contributed by atoms with Crippen molar-refractivity contribution in [1.82, 2.24) is 24.1 Å². The quantitative estimate of drug-likeness (QED) is 0.480. The van der Waals surface area contributed by atoms with E-state index in [1.165, 1.54) is 6.20 Å². The summed E-state index contributed by atoms with van der Waals surface area (Å²) in [5.74, 6) is 0. The third-order valence-corrected chi connectivity index (χ3v) is 5.45. The Morgan fingerprint density at radius 2 is 2.03 bits per heavy atom. The molecule has 0 saturated carbocycles.